The van der Waals surface area contributed by atoms with Crippen LogP contribution in [0, 0.1) is 17.7 Å². The Balaban J connectivity index is 1.13. The van der Waals surface area contributed by atoms with Gasteiger partial charge in [0.15, 0.2) is 0 Å². The molecule has 11 heteroatoms. The average Bonchev–Trinajstić information content (AvgIpc) is 3.49. The van der Waals surface area contributed by atoms with E-state index in [4.69, 9.17) is 4.84 Å². The molecule has 2 unspecified atom stereocenters. The van der Waals surface area contributed by atoms with Gasteiger partial charge in [0.25, 0.3) is 0 Å². The molecule has 3 saturated heterocycles. The summed E-state index contributed by atoms with van der Waals surface area (Å²) in [6, 6.07) is 7.84. The zero-order valence-electron chi connectivity index (χ0n) is 19.6. The topological polar surface area (TPSA) is 102 Å². The van der Waals surface area contributed by atoms with E-state index in [9.17, 15) is 24.2 Å². The van der Waals surface area contributed by atoms with Gasteiger partial charge in [0, 0.05) is 89.2 Å². The van der Waals surface area contributed by atoms with Gasteiger partial charge in [0.2, 0.25) is 17.7 Å². The van der Waals surface area contributed by atoms with Crippen molar-refractivity contribution in [2.24, 2.45) is 11.8 Å². The van der Waals surface area contributed by atoms with Gasteiger partial charge < -0.3 is 29.8 Å². The van der Waals surface area contributed by atoms with E-state index < -0.39 is 6.09 Å². The Bertz CT molecular complexity index is 1080. The van der Waals surface area contributed by atoms with Gasteiger partial charge >= 0.3 is 6.09 Å². The predicted molar refractivity (Wildman–Crippen MR) is 124 cm³/mol. The van der Waals surface area contributed by atoms with E-state index in [1.165, 1.54) is 12.1 Å². The maximum absolute atomic E-state index is 14.9. The third kappa shape index (κ3) is 4.72. The number of rotatable bonds is 4. The van der Waals surface area contributed by atoms with Crippen molar-refractivity contribution >= 4 is 17.7 Å². The van der Waals surface area contributed by atoms with Crippen molar-refractivity contribution in [1.29, 1.82) is 0 Å². The Hall–Kier alpha value is -3.47. The molecule has 5 rings (SSSR count). The second-order valence-corrected chi connectivity index (χ2v) is 9.59. The summed E-state index contributed by atoms with van der Waals surface area (Å²) >= 11 is 0. The third-order valence-corrected chi connectivity index (χ3v) is 7.31. The van der Waals surface area contributed by atoms with Gasteiger partial charge in [-0.2, -0.15) is 0 Å². The van der Waals surface area contributed by atoms with Crippen molar-refractivity contribution in [3.63, 3.8) is 0 Å². The van der Waals surface area contributed by atoms with Crippen LogP contribution in [0.5, 0.6) is 11.8 Å². The van der Waals surface area contributed by atoms with Crippen LogP contribution in [0.25, 0.3) is 0 Å². The number of hydrogen-bond donors (Lipinski definition) is 2. The number of hydrogen-bond acceptors (Lipinski definition) is 7. The summed E-state index contributed by atoms with van der Waals surface area (Å²) in [6.07, 6.45) is -0.626. The maximum atomic E-state index is 14.9. The molecule has 1 aromatic heterocycles. The molecule has 3 aliphatic heterocycles. The van der Waals surface area contributed by atoms with Crippen LogP contribution in [-0.2, 0) is 11.3 Å². The first-order chi connectivity index (χ1) is 16.8. The summed E-state index contributed by atoms with van der Waals surface area (Å²) in [7, 11) is 0. The molecule has 3 aliphatic rings. The van der Waals surface area contributed by atoms with E-state index in [-0.39, 0.29) is 35.3 Å². The number of amides is 2. The first kappa shape index (κ1) is 23.3. The molecule has 188 valence electrons. The number of likely N-dealkylation sites (tertiary alicyclic amines) is 2. The van der Waals surface area contributed by atoms with Crippen LogP contribution in [0.3, 0.4) is 0 Å². The molecule has 10 nitrogen and oxygen atoms in total. The molecule has 1 aromatic carbocycles. The number of aromatic nitrogens is 1. The van der Waals surface area contributed by atoms with E-state index >= 15 is 0 Å². The van der Waals surface area contributed by atoms with Gasteiger partial charge in [-0.1, -0.05) is 6.07 Å². The number of aromatic hydroxyl groups is 2. The quantitative estimate of drug-likeness (QED) is 0.671. The van der Waals surface area contributed by atoms with Crippen molar-refractivity contribution in [2.75, 3.05) is 57.3 Å². The van der Waals surface area contributed by atoms with Crippen LogP contribution < -0.4 is 9.74 Å². The minimum absolute atomic E-state index is 0.0704. The number of nitrogens with zero attached hydrogens (tertiary/aromatic N) is 5. The first-order valence-corrected chi connectivity index (χ1v) is 11.9. The molecule has 0 bridgehead atoms. The van der Waals surface area contributed by atoms with Crippen LogP contribution in [0.2, 0.25) is 0 Å². The van der Waals surface area contributed by atoms with Crippen LogP contribution in [0.15, 0.2) is 30.3 Å². The van der Waals surface area contributed by atoms with Crippen LogP contribution in [0.4, 0.5) is 14.9 Å². The summed E-state index contributed by atoms with van der Waals surface area (Å²) in [5.41, 5.74) is 1.48. The molecule has 35 heavy (non-hydrogen) atoms. The molecule has 3 fully saturated rings. The molecule has 0 spiro atoms. The van der Waals surface area contributed by atoms with Gasteiger partial charge in [-0.05, 0) is 24.0 Å². The summed E-state index contributed by atoms with van der Waals surface area (Å²) in [5, 5.41) is 19.3. The fourth-order valence-electron chi connectivity index (χ4n) is 5.38. The Kier molecular flexibility index (Phi) is 6.18. The molecule has 0 aliphatic carbocycles. The zero-order valence-corrected chi connectivity index (χ0v) is 19.6. The molecular weight excluding hydrogens is 457 g/mol. The average molecular weight is 488 g/mol. The summed E-state index contributed by atoms with van der Waals surface area (Å²) in [5.74, 6) is -0.352. The predicted octanol–water partition coefficient (Wildman–Crippen LogP) is 1.32. The number of piperazine rings is 1. The normalized spacial score (nSPS) is 22.5. The van der Waals surface area contributed by atoms with Crippen LogP contribution in [0.1, 0.15) is 12.5 Å². The Morgan fingerprint density at radius 2 is 1.57 bits per heavy atom. The molecule has 4 heterocycles. The third-order valence-electron chi connectivity index (χ3n) is 7.31. The van der Waals surface area contributed by atoms with Crippen LogP contribution in [-0.4, -0.2) is 94.0 Å². The number of benzene rings is 1. The van der Waals surface area contributed by atoms with E-state index in [0.717, 1.165) is 18.8 Å². The lowest BCUT2D eigenvalue weighted by atomic mass is 10.0. The Labute approximate surface area is 202 Å². The van der Waals surface area contributed by atoms with Gasteiger partial charge in [0.05, 0.1) is 0 Å². The van der Waals surface area contributed by atoms with Gasteiger partial charge in [-0.3, -0.25) is 9.69 Å². The number of fused-ring (bicyclic) bond motifs is 1. The number of anilines is 1. The standard InChI is InChI=1S/C24H30FN5O5/c1-16(31)27-6-8-28(9-7-27)20-3-2-17(21(25)10-20)11-26-12-18-14-29(15-19(18)13-26)24(34)35-30-22(32)4-5-23(30)33/h2-5,10,18-19,32-33H,6-9,11-15H2,1H3. The fourth-order valence-corrected chi connectivity index (χ4v) is 5.38. The van der Waals surface area contributed by atoms with Crippen molar-refractivity contribution in [1.82, 2.24) is 19.4 Å². The SMILES string of the molecule is CC(=O)N1CCN(c2ccc(CN3CC4CN(C(=O)On5c(O)ccc5O)CC4C3)c(F)c2)CC1. The summed E-state index contributed by atoms with van der Waals surface area (Å²) < 4.78 is 15.6. The van der Waals surface area contributed by atoms with E-state index in [1.54, 1.807) is 22.8 Å². The number of halogens is 1. The maximum Gasteiger partial charge on any atom is 0.434 e. The number of carbonyl (C=O) groups is 2. The van der Waals surface area contributed by atoms with E-state index in [0.29, 0.717) is 56.1 Å². The molecular formula is C24H30FN5O5. The molecule has 0 saturated carbocycles. The molecule has 2 amide bonds. The van der Waals surface area contributed by atoms with Gasteiger partial charge in [-0.25, -0.2) is 9.18 Å². The van der Waals surface area contributed by atoms with Crippen molar-refractivity contribution in [3.05, 3.63) is 41.7 Å². The van der Waals surface area contributed by atoms with Crippen molar-refractivity contribution in [3.8, 4) is 11.8 Å². The fraction of sp³-hybridized carbons (Fsp3) is 0.500. The van der Waals surface area contributed by atoms with Crippen LogP contribution >= 0.6 is 0 Å². The van der Waals surface area contributed by atoms with Crippen molar-refractivity contribution in [2.45, 2.75) is 13.5 Å². The highest BCUT2D eigenvalue weighted by Crippen LogP contribution is 2.33. The summed E-state index contributed by atoms with van der Waals surface area (Å²) in [6.45, 7) is 7.28. The zero-order chi connectivity index (χ0) is 24.7. The lowest BCUT2D eigenvalue weighted by Gasteiger charge is -2.35. The minimum Gasteiger partial charge on any atom is -0.492 e. The second-order valence-electron chi connectivity index (χ2n) is 9.59. The lowest BCUT2D eigenvalue weighted by molar-refractivity contribution is -0.129. The molecule has 2 aromatic rings. The van der Waals surface area contributed by atoms with Crippen molar-refractivity contribution < 1.29 is 29.0 Å². The van der Waals surface area contributed by atoms with E-state index in [2.05, 4.69) is 9.80 Å². The molecule has 2 atom stereocenters. The molecule has 0 radical (unpaired) electrons. The molecule has 2 N–H and O–H groups in total. The largest absolute Gasteiger partial charge is 0.492 e. The summed E-state index contributed by atoms with van der Waals surface area (Å²) in [4.78, 5) is 36.8. The Morgan fingerprint density at radius 3 is 2.14 bits per heavy atom. The van der Waals surface area contributed by atoms with Gasteiger partial charge in [0.1, 0.15) is 5.82 Å². The monoisotopic (exact) mass is 487 g/mol. The highest BCUT2D eigenvalue weighted by molar-refractivity contribution is 5.73. The number of carbonyl (C=O) groups excluding carboxylic acids is 2. The second kappa shape index (κ2) is 9.29. The van der Waals surface area contributed by atoms with E-state index in [1.807, 2.05) is 12.1 Å². The highest BCUT2D eigenvalue weighted by atomic mass is 19.1. The van der Waals surface area contributed by atoms with Gasteiger partial charge in [-0.15, -0.1) is 4.73 Å². The Morgan fingerprint density at radius 1 is 0.943 bits per heavy atom. The lowest BCUT2D eigenvalue weighted by Crippen LogP contribution is -2.48. The first-order valence-electron chi connectivity index (χ1n) is 11.9. The highest BCUT2D eigenvalue weighted by Gasteiger charge is 2.42. The minimum atomic E-state index is -0.626. The smallest absolute Gasteiger partial charge is 0.434 e.